The normalized spacial score (nSPS) is 10.4. The minimum absolute atomic E-state index is 0.442. The molecule has 2 aromatic rings. The van der Waals surface area contributed by atoms with Crippen molar-refractivity contribution in [3.63, 3.8) is 0 Å². The van der Waals surface area contributed by atoms with Crippen molar-refractivity contribution in [2.45, 2.75) is 13.3 Å². The molecule has 5 heteroatoms. The molecule has 0 fully saturated rings. The molecule has 2 rings (SSSR count). The molecule has 4 nitrogen and oxygen atoms in total. The summed E-state index contributed by atoms with van der Waals surface area (Å²) in [7, 11) is 1.95. The van der Waals surface area contributed by atoms with Crippen LogP contribution in [0.5, 0.6) is 0 Å². The Morgan fingerprint density at radius 1 is 1.22 bits per heavy atom. The van der Waals surface area contributed by atoms with E-state index in [9.17, 15) is 0 Å². The first-order valence-corrected chi connectivity index (χ1v) is 6.51. The third kappa shape index (κ3) is 2.46. The van der Waals surface area contributed by atoms with Crippen LogP contribution in [-0.2, 0) is 6.42 Å². The summed E-state index contributed by atoms with van der Waals surface area (Å²) in [6.07, 6.45) is 2.50. The van der Waals surface area contributed by atoms with Crippen LogP contribution in [0.3, 0.4) is 0 Å². The number of benzene rings is 1. The zero-order valence-corrected chi connectivity index (χ0v) is 12.0. The van der Waals surface area contributed by atoms with Gasteiger partial charge < -0.3 is 10.6 Å². The minimum atomic E-state index is 0.442. The lowest BCUT2D eigenvalue weighted by atomic mass is 10.1. The predicted octanol–water partition coefficient (Wildman–Crippen LogP) is 3.15. The number of hydrogen-bond donors (Lipinski definition) is 1. The highest BCUT2D eigenvalue weighted by atomic mass is 79.9. The van der Waals surface area contributed by atoms with Gasteiger partial charge in [-0.1, -0.05) is 19.1 Å². The molecule has 0 bridgehead atoms. The molecule has 0 aliphatic heterocycles. The van der Waals surface area contributed by atoms with E-state index < -0.39 is 0 Å². The van der Waals surface area contributed by atoms with E-state index in [1.165, 1.54) is 11.9 Å². The van der Waals surface area contributed by atoms with E-state index >= 15 is 0 Å². The monoisotopic (exact) mass is 306 g/mol. The van der Waals surface area contributed by atoms with E-state index in [0.717, 1.165) is 17.9 Å². The van der Waals surface area contributed by atoms with Crippen molar-refractivity contribution < 1.29 is 0 Å². The Morgan fingerprint density at radius 2 is 1.89 bits per heavy atom. The molecule has 1 heterocycles. The smallest absolute Gasteiger partial charge is 0.152 e. The fraction of sp³-hybridized carbons (Fsp3) is 0.231. The van der Waals surface area contributed by atoms with Gasteiger partial charge in [0.2, 0.25) is 0 Å². The van der Waals surface area contributed by atoms with Gasteiger partial charge in [-0.15, -0.1) is 0 Å². The largest absolute Gasteiger partial charge is 0.383 e. The molecule has 1 aromatic carbocycles. The van der Waals surface area contributed by atoms with E-state index in [4.69, 9.17) is 5.73 Å². The van der Waals surface area contributed by atoms with Crippen molar-refractivity contribution >= 4 is 33.3 Å². The second-order valence-electron chi connectivity index (χ2n) is 3.98. The van der Waals surface area contributed by atoms with Crippen molar-refractivity contribution in [1.29, 1.82) is 0 Å². The summed E-state index contributed by atoms with van der Waals surface area (Å²) < 4.78 is 0.715. The Kier molecular flexibility index (Phi) is 3.81. The van der Waals surface area contributed by atoms with Crippen molar-refractivity contribution in [2.24, 2.45) is 0 Å². The molecule has 0 aliphatic carbocycles. The molecule has 18 heavy (non-hydrogen) atoms. The van der Waals surface area contributed by atoms with Crippen molar-refractivity contribution in [2.75, 3.05) is 17.7 Å². The van der Waals surface area contributed by atoms with E-state index in [2.05, 4.69) is 57.1 Å². The molecule has 94 valence electrons. The SMILES string of the molecule is CCc1ccc(N(C)c2ncnc(N)c2Br)cc1. The summed E-state index contributed by atoms with van der Waals surface area (Å²) >= 11 is 3.41. The Bertz CT molecular complexity index is 539. The van der Waals surface area contributed by atoms with Crippen LogP contribution in [0.15, 0.2) is 35.1 Å². The van der Waals surface area contributed by atoms with Crippen LogP contribution < -0.4 is 10.6 Å². The van der Waals surface area contributed by atoms with Gasteiger partial charge in [-0.2, -0.15) is 0 Å². The molecule has 0 saturated carbocycles. The lowest BCUT2D eigenvalue weighted by molar-refractivity contribution is 1.07. The predicted molar refractivity (Wildman–Crippen MR) is 78.0 cm³/mol. The van der Waals surface area contributed by atoms with Crippen LogP contribution >= 0.6 is 15.9 Å². The third-order valence-electron chi connectivity index (χ3n) is 2.85. The number of aromatic nitrogens is 2. The summed E-state index contributed by atoms with van der Waals surface area (Å²) in [5, 5.41) is 0. The number of rotatable bonds is 3. The van der Waals surface area contributed by atoms with E-state index in [-0.39, 0.29) is 0 Å². The van der Waals surface area contributed by atoms with Gasteiger partial charge in [0, 0.05) is 12.7 Å². The lowest BCUT2D eigenvalue weighted by Gasteiger charge is -2.20. The number of nitrogens with zero attached hydrogens (tertiary/aromatic N) is 3. The molecule has 0 atom stereocenters. The Labute approximate surface area is 115 Å². The van der Waals surface area contributed by atoms with Crippen LogP contribution in [0.25, 0.3) is 0 Å². The molecule has 0 saturated heterocycles. The van der Waals surface area contributed by atoms with Crippen LogP contribution in [0.2, 0.25) is 0 Å². The van der Waals surface area contributed by atoms with E-state index in [0.29, 0.717) is 10.3 Å². The fourth-order valence-electron chi connectivity index (χ4n) is 1.69. The average Bonchev–Trinajstić information content (AvgIpc) is 2.41. The molecule has 0 unspecified atom stereocenters. The summed E-state index contributed by atoms with van der Waals surface area (Å²) in [5.74, 6) is 1.20. The number of nitrogen functional groups attached to an aromatic ring is 1. The Morgan fingerprint density at radius 3 is 2.50 bits per heavy atom. The van der Waals surface area contributed by atoms with Crippen LogP contribution in [0.1, 0.15) is 12.5 Å². The minimum Gasteiger partial charge on any atom is -0.383 e. The number of aryl methyl sites for hydroxylation is 1. The molecular formula is C13H15BrN4. The van der Waals surface area contributed by atoms with Gasteiger partial charge in [0.15, 0.2) is 5.82 Å². The maximum atomic E-state index is 5.76. The first kappa shape index (κ1) is 12.8. The van der Waals surface area contributed by atoms with Gasteiger partial charge in [0.05, 0.1) is 0 Å². The summed E-state index contributed by atoms with van der Waals surface area (Å²) in [6.45, 7) is 2.14. The van der Waals surface area contributed by atoms with Gasteiger partial charge in [0.1, 0.15) is 16.6 Å². The molecule has 0 spiro atoms. The highest BCUT2D eigenvalue weighted by Gasteiger charge is 2.12. The van der Waals surface area contributed by atoms with E-state index in [1.54, 1.807) is 0 Å². The summed E-state index contributed by atoms with van der Waals surface area (Å²) in [5.41, 5.74) is 8.13. The second-order valence-corrected chi connectivity index (χ2v) is 4.77. The van der Waals surface area contributed by atoms with Gasteiger partial charge >= 0.3 is 0 Å². The van der Waals surface area contributed by atoms with Crippen molar-refractivity contribution in [3.8, 4) is 0 Å². The number of hydrogen-bond acceptors (Lipinski definition) is 4. The number of halogens is 1. The lowest BCUT2D eigenvalue weighted by Crippen LogP contribution is -2.13. The molecule has 2 N–H and O–H groups in total. The maximum absolute atomic E-state index is 5.76. The molecule has 0 amide bonds. The zero-order valence-electron chi connectivity index (χ0n) is 10.4. The zero-order chi connectivity index (χ0) is 13.1. The maximum Gasteiger partial charge on any atom is 0.152 e. The van der Waals surface area contributed by atoms with Gasteiger partial charge in [-0.25, -0.2) is 9.97 Å². The van der Waals surface area contributed by atoms with Crippen LogP contribution in [0.4, 0.5) is 17.3 Å². The van der Waals surface area contributed by atoms with Gasteiger partial charge in [-0.3, -0.25) is 0 Å². The molecule has 0 aliphatic rings. The highest BCUT2D eigenvalue weighted by Crippen LogP contribution is 2.31. The second kappa shape index (κ2) is 5.35. The van der Waals surface area contributed by atoms with Gasteiger partial charge in [-0.05, 0) is 40.0 Å². The van der Waals surface area contributed by atoms with Crippen molar-refractivity contribution in [1.82, 2.24) is 9.97 Å². The van der Waals surface area contributed by atoms with Crippen LogP contribution in [0, 0.1) is 0 Å². The first-order chi connectivity index (χ1) is 8.63. The fourth-order valence-corrected chi connectivity index (χ4v) is 2.16. The van der Waals surface area contributed by atoms with Crippen molar-refractivity contribution in [3.05, 3.63) is 40.6 Å². The first-order valence-electron chi connectivity index (χ1n) is 5.72. The Balaban J connectivity index is 2.35. The third-order valence-corrected chi connectivity index (χ3v) is 3.61. The Hall–Kier alpha value is -1.62. The average molecular weight is 307 g/mol. The topological polar surface area (TPSA) is 55.0 Å². The summed E-state index contributed by atoms with van der Waals surface area (Å²) in [6, 6.07) is 8.38. The summed E-state index contributed by atoms with van der Waals surface area (Å²) in [4.78, 5) is 10.2. The molecule has 1 aromatic heterocycles. The standard InChI is InChI=1S/C13H15BrN4/c1-3-9-4-6-10(7-5-9)18(2)13-11(14)12(15)16-8-17-13/h4-8H,3H2,1-2H3,(H2,15,16,17). The van der Waals surface area contributed by atoms with Crippen LogP contribution in [-0.4, -0.2) is 17.0 Å². The number of anilines is 3. The molecule has 0 radical (unpaired) electrons. The number of nitrogens with two attached hydrogens (primary N) is 1. The quantitative estimate of drug-likeness (QED) is 0.946. The molecular weight excluding hydrogens is 292 g/mol. The van der Waals surface area contributed by atoms with E-state index in [1.807, 2.05) is 11.9 Å². The highest BCUT2D eigenvalue weighted by molar-refractivity contribution is 9.10. The van der Waals surface area contributed by atoms with Gasteiger partial charge in [0.25, 0.3) is 0 Å².